The van der Waals surface area contributed by atoms with E-state index in [1.807, 2.05) is 0 Å². The minimum Gasteiger partial charge on any atom is -0.0890 e. The van der Waals surface area contributed by atoms with Crippen LogP contribution >= 0.6 is 15.9 Å². The van der Waals surface area contributed by atoms with Gasteiger partial charge in [-0.1, -0.05) is 59.6 Å². The van der Waals surface area contributed by atoms with Crippen molar-refractivity contribution in [3.8, 4) is 0 Å². The maximum Gasteiger partial charge on any atom is 0.0151 e. The quantitative estimate of drug-likeness (QED) is 0.677. The van der Waals surface area contributed by atoms with Crippen LogP contribution in [0.3, 0.4) is 0 Å². The van der Waals surface area contributed by atoms with Crippen molar-refractivity contribution in [3.05, 3.63) is 35.4 Å². The second-order valence-corrected chi connectivity index (χ2v) is 6.05. The van der Waals surface area contributed by atoms with E-state index < -0.39 is 0 Å². The van der Waals surface area contributed by atoms with E-state index in [4.69, 9.17) is 0 Å². The first kappa shape index (κ1) is 12.8. The van der Waals surface area contributed by atoms with Gasteiger partial charge in [0.05, 0.1) is 0 Å². The maximum atomic E-state index is 3.75. The molecule has 0 aliphatic heterocycles. The Bertz CT molecular complexity index is 274. The monoisotopic (exact) mass is 268 g/mol. The van der Waals surface area contributed by atoms with Gasteiger partial charge in [-0.25, -0.2) is 0 Å². The molecule has 0 radical (unpaired) electrons. The third-order valence-corrected chi connectivity index (χ3v) is 3.43. The van der Waals surface area contributed by atoms with E-state index in [-0.39, 0.29) is 0 Å². The number of benzene rings is 1. The van der Waals surface area contributed by atoms with Crippen LogP contribution in [-0.2, 0) is 6.42 Å². The Balaban J connectivity index is 2.33. The highest BCUT2D eigenvalue weighted by Gasteiger charge is 2.06. The van der Waals surface area contributed by atoms with E-state index >= 15 is 0 Å². The van der Waals surface area contributed by atoms with Crippen LogP contribution in [0.1, 0.15) is 37.8 Å². The topological polar surface area (TPSA) is 0 Å². The Morgan fingerprint density at radius 2 is 1.73 bits per heavy atom. The first-order valence-corrected chi connectivity index (χ1v) is 6.69. The zero-order valence-electron chi connectivity index (χ0n) is 9.96. The van der Waals surface area contributed by atoms with Gasteiger partial charge in [0.2, 0.25) is 0 Å². The molecule has 0 spiro atoms. The van der Waals surface area contributed by atoms with Crippen molar-refractivity contribution in [1.29, 1.82) is 0 Å². The molecule has 0 nitrogen and oxygen atoms in total. The van der Waals surface area contributed by atoms with Gasteiger partial charge in [0.15, 0.2) is 0 Å². The van der Waals surface area contributed by atoms with E-state index in [0.29, 0.717) is 4.83 Å². The van der Waals surface area contributed by atoms with Crippen molar-refractivity contribution < 1.29 is 0 Å². The Labute approximate surface area is 102 Å². The molecule has 0 bridgehead atoms. The lowest BCUT2D eigenvalue weighted by Gasteiger charge is -2.12. The SMILES string of the molecule is Cc1ccc(CCC(Br)CC(C)C)cc1. The van der Waals surface area contributed by atoms with E-state index in [2.05, 4.69) is 61.0 Å². The largest absolute Gasteiger partial charge is 0.0890 e. The van der Waals surface area contributed by atoms with Gasteiger partial charge < -0.3 is 0 Å². The summed E-state index contributed by atoms with van der Waals surface area (Å²) in [6.45, 7) is 6.69. The van der Waals surface area contributed by atoms with Crippen molar-refractivity contribution in [2.24, 2.45) is 5.92 Å². The van der Waals surface area contributed by atoms with Crippen molar-refractivity contribution in [2.45, 2.75) is 44.9 Å². The zero-order chi connectivity index (χ0) is 11.3. The molecule has 1 unspecified atom stereocenters. The second-order valence-electron chi connectivity index (χ2n) is 4.75. The molecular formula is C14H21Br. The predicted octanol–water partition coefficient (Wildman–Crippen LogP) is 4.74. The minimum absolute atomic E-state index is 0.666. The molecule has 0 saturated heterocycles. The first-order valence-electron chi connectivity index (χ1n) is 5.77. The maximum absolute atomic E-state index is 3.75. The summed E-state index contributed by atoms with van der Waals surface area (Å²) < 4.78 is 0. The molecule has 0 saturated carbocycles. The second kappa shape index (κ2) is 6.32. The van der Waals surface area contributed by atoms with Gasteiger partial charge >= 0.3 is 0 Å². The van der Waals surface area contributed by atoms with Crippen LogP contribution in [0.25, 0.3) is 0 Å². The molecule has 0 aliphatic carbocycles. The molecule has 0 aromatic heterocycles. The number of rotatable bonds is 5. The summed E-state index contributed by atoms with van der Waals surface area (Å²) in [5, 5.41) is 0. The third-order valence-electron chi connectivity index (χ3n) is 2.59. The fraction of sp³-hybridized carbons (Fsp3) is 0.571. The lowest BCUT2D eigenvalue weighted by Crippen LogP contribution is -2.04. The third kappa shape index (κ3) is 5.36. The Morgan fingerprint density at radius 1 is 1.13 bits per heavy atom. The molecule has 0 heterocycles. The van der Waals surface area contributed by atoms with Gasteiger partial charge in [-0.05, 0) is 37.7 Å². The Hall–Kier alpha value is -0.300. The average Bonchev–Trinajstić information content (AvgIpc) is 2.16. The molecule has 0 amide bonds. The van der Waals surface area contributed by atoms with E-state index in [1.54, 1.807) is 0 Å². The van der Waals surface area contributed by atoms with E-state index in [1.165, 1.54) is 30.4 Å². The Kier molecular flexibility index (Phi) is 5.38. The van der Waals surface area contributed by atoms with Crippen molar-refractivity contribution in [3.63, 3.8) is 0 Å². The summed E-state index contributed by atoms with van der Waals surface area (Å²) in [6.07, 6.45) is 3.69. The Morgan fingerprint density at radius 3 is 2.27 bits per heavy atom. The lowest BCUT2D eigenvalue weighted by molar-refractivity contribution is 0.554. The zero-order valence-corrected chi connectivity index (χ0v) is 11.5. The minimum atomic E-state index is 0.666. The summed E-state index contributed by atoms with van der Waals surface area (Å²) in [4.78, 5) is 0.666. The van der Waals surface area contributed by atoms with Crippen LogP contribution < -0.4 is 0 Å². The molecule has 1 rings (SSSR count). The molecule has 0 fully saturated rings. The smallest absolute Gasteiger partial charge is 0.0151 e. The highest BCUT2D eigenvalue weighted by molar-refractivity contribution is 9.09. The highest BCUT2D eigenvalue weighted by Crippen LogP contribution is 2.18. The van der Waals surface area contributed by atoms with Crippen molar-refractivity contribution >= 4 is 15.9 Å². The van der Waals surface area contributed by atoms with Crippen LogP contribution in [0.2, 0.25) is 0 Å². The molecule has 84 valence electrons. The number of aryl methyl sites for hydroxylation is 2. The summed E-state index contributed by atoms with van der Waals surface area (Å²) in [5.74, 6) is 0.785. The normalized spacial score (nSPS) is 13.1. The number of hydrogen-bond donors (Lipinski definition) is 0. The number of halogens is 1. The van der Waals surface area contributed by atoms with Crippen molar-refractivity contribution in [1.82, 2.24) is 0 Å². The summed E-state index contributed by atoms with van der Waals surface area (Å²) >= 11 is 3.75. The summed E-state index contributed by atoms with van der Waals surface area (Å²) in [7, 11) is 0. The molecule has 15 heavy (non-hydrogen) atoms. The van der Waals surface area contributed by atoms with E-state index in [0.717, 1.165) is 5.92 Å². The molecule has 1 atom stereocenters. The lowest BCUT2D eigenvalue weighted by atomic mass is 10.0. The van der Waals surface area contributed by atoms with Crippen LogP contribution in [0.5, 0.6) is 0 Å². The number of alkyl halides is 1. The van der Waals surface area contributed by atoms with E-state index in [9.17, 15) is 0 Å². The van der Waals surface area contributed by atoms with Crippen LogP contribution in [-0.4, -0.2) is 4.83 Å². The summed E-state index contributed by atoms with van der Waals surface area (Å²) in [6, 6.07) is 8.87. The number of hydrogen-bond acceptors (Lipinski definition) is 0. The molecule has 1 aromatic rings. The highest BCUT2D eigenvalue weighted by atomic mass is 79.9. The average molecular weight is 269 g/mol. The first-order chi connectivity index (χ1) is 7.08. The standard InChI is InChI=1S/C14H21Br/c1-11(2)10-14(15)9-8-13-6-4-12(3)5-7-13/h4-7,11,14H,8-10H2,1-3H3. The fourth-order valence-corrected chi connectivity index (χ4v) is 2.68. The fourth-order valence-electron chi connectivity index (χ4n) is 1.71. The van der Waals surface area contributed by atoms with Crippen LogP contribution in [0.15, 0.2) is 24.3 Å². The van der Waals surface area contributed by atoms with Gasteiger partial charge in [-0.3, -0.25) is 0 Å². The van der Waals surface area contributed by atoms with Gasteiger partial charge in [0.1, 0.15) is 0 Å². The molecule has 0 N–H and O–H groups in total. The molecule has 0 aliphatic rings. The predicted molar refractivity (Wildman–Crippen MR) is 71.7 cm³/mol. The van der Waals surface area contributed by atoms with Crippen LogP contribution in [0.4, 0.5) is 0 Å². The molecule has 1 aromatic carbocycles. The van der Waals surface area contributed by atoms with Crippen LogP contribution in [0, 0.1) is 12.8 Å². The van der Waals surface area contributed by atoms with Gasteiger partial charge in [0.25, 0.3) is 0 Å². The molecular weight excluding hydrogens is 248 g/mol. The molecule has 1 heteroatoms. The van der Waals surface area contributed by atoms with Gasteiger partial charge in [0, 0.05) is 4.83 Å². The summed E-state index contributed by atoms with van der Waals surface area (Å²) in [5.41, 5.74) is 2.80. The van der Waals surface area contributed by atoms with Gasteiger partial charge in [-0.15, -0.1) is 0 Å². The van der Waals surface area contributed by atoms with Gasteiger partial charge in [-0.2, -0.15) is 0 Å². The van der Waals surface area contributed by atoms with Crippen molar-refractivity contribution in [2.75, 3.05) is 0 Å².